The summed E-state index contributed by atoms with van der Waals surface area (Å²) in [5, 5.41) is 13.5. The molecule has 0 radical (unpaired) electrons. The van der Waals surface area contributed by atoms with Crippen LogP contribution in [0.2, 0.25) is 0 Å². The Kier molecular flexibility index (Phi) is 3.71. The third-order valence-electron chi connectivity index (χ3n) is 3.45. The molecule has 3 aromatic heterocycles. The van der Waals surface area contributed by atoms with Crippen LogP contribution in [0.25, 0.3) is 16.8 Å². The second-order valence-electron chi connectivity index (χ2n) is 4.73. The average molecular weight is 324 g/mol. The van der Waals surface area contributed by atoms with E-state index in [2.05, 4.69) is 21.1 Å². The number of nitrogens with two attached hydrogens (primary N) is 1. The van der Waals surface area contributed by atoms with Crippen LogP contribution < -0.4 is 10.5 Å². The molecule has 0 atom stereocenters. The van der Waals surface area contributed by atoms with Crippen LogP contribution in [0.3, 0.4) is 0 Å². The number of nitrogens with zero attached hydrogens (tertiary/aromatic N) is 5. The van der Waals surface area contributed by atoms with E-state index in [1.54, 1.807) is 6.07 Å². The van der Waals surface area contributed by atoms with Crippen LogP contribution >= 0.6 is 0 Å². The van der Waals surface area contributed by atoms with Gasteiger partial charge in [0.05, 0.1) is 25.5 Å². The van der Waals surface area contributed by atoms with Crippen LogP contribution in [0.4, 0.5) is 5.82 Å². The molecule has 0 spiro atoms. The van der Waals surface area contributed by atoms with Crippen LogP contribution in [-0.2, 0) is 4.74 Å². The molecule has 0 aromatic carbocycles. The first-order valence-electron chi connectivity index (χ1n) is 6.75. The molecule has 0 fully saturated rings. The molecule has 0 bridgehead atoms. The summed E-state index contributed by atoms with van der Waals surface area (Å²) in [7, 11) is 2.66. The van der Waals surface area contributed by atoms with Gasteiger partial charge in [-0.15, -0.1) is 0 Å². The normalized spacial score (nSPS) is 10.4. The molecule has 0 aliphatic carbocycles. The lowest BCUT2D eigenvalue weighted by Gasteiger charge is -2.09. The Hall–Kier alpha value is -3.67. The fourth-order valence-electron chi connectivity index (χ4n) is 2.37. The van der Waals surface area contributed by atoms with Gasteiger partial charge in [-0.25, -0.2) is 19.3 Å². The summed E-state index contributed by atoms with van der Waals surface area (Å²) in [5.74, 6) is -0.240. The molecule has 2 N–H and O–H groups in total. The number of hydrogen-bond acceptors (Lipinski definition) is 8. The van der Waals surface area contributed by atoms with E-state index in [0.29, 0.717) is 22.3 Å². The zero-order chi connectivity index (χ0) is 17.3. The van der Waals surface area contributed by atoms with Crippen molar-refractivity contribution in [2.75, 3.05) is 20.0 Å². The number of pyridine rings is 1. The SMILES string of the molecule is COC(=O)c1cc(-c2c(C#N)cc3c(N)ncnn23)cnc1OC. The van der Waals surface area contributed by atoms with Gasteiger partial charge in [-0.1, -0.05) is 0 Å². The van der Waals surface area contributed by atoms with Crippen LogP contribution in [0, 0.1) is 11.3 Å². The number of fused-ring (bicyclic) bond motifs is 1. The van der Waals surface area contributed by atoms with Gasteiger partial charge >= 0.3 is 5.97 Å². The van der Waals surface area contributed by atoms with E-state index in [9.17, 15) is 10.1 Å². The summed E-state index contributed by atoms with van der Waals surface area (Å²) in [6, 6.07) is 5.19. The maximum Gasteiger partial charge on any atom is 0.343 e. The molecule has 3 heterocycles. The first kappa shape index (κ1) is 15.2. The topological polar surface area (TPSA) is 128 Å². The quantitative estimate of drug-likeness (QED) is 0.708. The molecule has 120 valence electrons. The highest BCUT2D eigenvalue weighted by atomic mass is 16.5. The van der Waals surface area contributed by atoms with Crippen LogP contribution in [0.15, 0.2) is 24.7 Å². The second kappa shape index (κ2) is 5.85. The predicted molar refractivity (Wildman–Crippen MR) is 83.2 cm³/mol. The van der Waals surface area contributed by atoms with Gasteiger partial charge in [-0.05, 0) is 12.1 Å². The van der Waals surface area contributed by atoms with Crippen molar-refractivity contribution in [1.82, 2.24) is 19.6 Å². The average Bonchev–Trinajstić information content (AvgIpc) is 3.00. The van der Waals surface area contributed by atoms with Crippen LogP contribution in [-0.4, -0.2) is 39.8 Å². The number of rotatable bonds is 3. The van der Waals surface area contributed by atoms with Crippen molar-refractivity contribution in [1.29, 1.82) is 5.26 Å². The summed E-state index contributed by atoms with van der Waals surface area (Å²) in [4.78, 5) is 19.9. The van der Waals surface area contributed by atoms with Gasteiger partial charge in [-0.3, -0.25) is 0 Å². The van der Waals surface area contributed by atoms with Crippen molar-refractivity contribution in [3.63, 3.8) is 0 Å². The number of esters is 1. The Morgan fingerprint density at radius 2 is 2.12 bits per heavy atom. The number of nitriles is 1. The third-order valence-corrected chi connectivity index (χ3v) is 3.45. The summed E-state index contributed by atoms with van der Waals surface area (Å²) < 4.78 is 11.3. The van der Waals surface area contributed by atoms with Gasteiger partial charge in [0.2, 0.25) is 5.88 Å². The van der Waals surface area contributed by atoms with Gasteiger partial charge in [-0.2, -0.15) is 10.4 Å². The minimum atomic E-state index is -0.602. The van der Waals surface area contributed by atoms with Gasteiger partial charge < -0.3 is 15.2 Å². The fourth-order valence-corrected chi connectivity index (χ4v) is 2.37. The number of nitrogen functional groups attached to an aromatic ring is 1. The lowest BCUT2D eigenvalue weighted by atomic mass is 10.1. The van der Waals surface area contributed by atoms with E-state index in [1.165, 1.54) is 37.3 Å². The maximum absolute atomic E-state index is 11.9. The predicted octanol–water partition coefficient (Wildman–Crippen LogP) is 1.04. The Balaban J connectivity index is 2.30. The molecule has 0 saturated carbocycles. The largest absolute Gasteiger partial charge is 0.480 e. The number of ether oxygens (including phenoxy) is 2. The molecular weight excluding hydrogens is 312 g/mol. The minimum Gasteiger partial charge on any atom is -0.480 e. The maximum atomic E-state index is 11.9. The van der Waals surface area contributed by atoms with Crippen molar-refractivity contribution in [3.05, 3.63) is 35.8 Å². The smallest absolute Gasteiger partial charge is 0.343 e. The first-order chi connectivity index (χ1) is 11.6. The first-order valence-corrected chi connectivity index (χ1v) is 6.75. The van der Waals surface area contributed by atoms with Gasteiger partial charge in [0, 0.05) is 11.8 Å². The standard InChI is InChI=1S/C15H12N6O3/c1-23-14-10(15(22)24-2)3-9(6-18-14)12-8(5-16)4-11-13(17)19-7-20-21(11)12/h3-4,6-7H,1-2H3,(H2,17,19,20). The fraction of sp³-hybridized carbons (Fsp3) is 0.133. The molecule has 9 heteroatoms. The summed E-state index contributed by atoms with van der Waals surface area (Å²) >= 11 is 0. The molecule has 0 amide bonds. The minimum absolute atomic E-state index is 0.124. The highest BCUT2D eigenvalue weighted by Gasteiger charge is 2.20. The lowest BCUT2D eigenvalue weighted by molar-refractivity contribution is 0.0596. The van der Waals surface area contributed by atoms with Gasteiger partial charge in [0.1, 0.15) is 23.5 Å². The van der Waals surface area contributed by atoms with Crippen molar-refractivity contribution in [3.8, 4) is 23.2 Å². The highest BCUT2D eigenvalue weighted by Crippen LogP contribution is 2.30. The zero-order valence-electron chi connectivity index (χ0n) is 12.8. The molecule has 9 nitrogen and oxygen atoms in total. The van der Waals surface area contributed by atoms with Crippen LogP contribution in [0.1, 0.15) is 15.9 Å². The van der Waals surface area contributed by atoms with Crippen molar-refractivity contribution < 1.29 is 14.3 Å². The van der Waals surface area contributed by atoms with E-state index < -0.39 is 5.97 Å². The Morgan fingerprint density at radius 1 is 1.33 bits per heavy atom. The van der Waals surface area contributed by atoms with Crippen LogP contribution in [0.5, 0.6) is 5.88 Å². The molecule has 0 aliphatic rings. The number of carbonyl (C=O) groups excluding carboxylic acids is 1. The van der Waals surface area contributed by atoms with E-state index >= 15 is 0 Å². The summed E-state index contributed by atoms with van der Waals surface area (Å²) in [6.07, 6.45) is 2.76. The van der Waals surface area contributed by atoms with Crippen molar-refractivity contribution in [2.45, 2.75) is 0 Å². The van der Waals surface area contributed by atoms with E-state index in [1.807, 2.05) is 0 Å². The lowest BCUT2D eigenvalue weighted by Crippen LogP contribution is -2.07. The van der Waals surface area contributed by atoms with Crippen molar-refractivity contribution in [2.24, 2.45) is 0 Å². The molecule has 3 aromatic rings. The Morgan fingerprint density at radius 3 is 2.79 bits per heavy atom. The number of methoxy groups -OCH3 is 2. The molecule has 0 saturated heterocycles. The monoisotopic (exact) mass is 324 g/mol. The van der Waals surface area contributed by atoms with E-state index in [0.717, 1.165) is 0 Å². The molecule has 0 unspecified atom stereocenters. The van der Waals surface area contributed by atoms with Gasteiger partial charge in [0.15, 0.2) is 5.82 Å². The number of aromatic nitrogens is 4. The third kappa shape index (κ3) is 2.26. The molecule has 0 aliphatic heterocycles. The zero-order valence-corrected chi connectivity index (χ0v) is 12.8. The van der Waals surface area contributed by atoms with Crippen molar-refractivity contribution >= 4 is 17.3 Å². The second-order valence-corrected chi connectivity index (χ2v) is 4.73. The summed E-state index contributed by atoms with van der Waals surface area (Å²) in [5.41, 5.74) is 7.71. The summed E-state index contributed by atoms with van der Waals surface area (Å²) in [6.45, 7) is 0. The van der Waals surface area contributed by atoms with Gasteiger partial charge in [0.25, 0.3) is 0 Å². The highest BCUT2D eigenvalue weighted by molar-refractivity contribution is 5.93. The van der Waals surface area contributed by atoms with E-state index in [-0.39, 0.29) is 17.3 Å². The van der Waals surface area contributed by atoms with E-state index in [4.69, 9.17) is 15.2 Å². The molecule has 24 heavy (non-hydrogen) atoms. The number of anilines is 1. The Labute approximate surface area is 136 Å². The Bertz CT molecular complexity index is 989. The molecular formula is C15H12N6O3. The molecule has 3 rings (SSSR count). The number of hydrogen-bond donors (Lipinski definition) is 1. The number of carbonyl (C=O) groups is 1.